The topological polar surface area (TPSA) is 60.5 Å². The summed E-state index contributed by atoms with van der Waals surface area (Å²) < 4.78 is 11.0. The number of benzene rings is 1. The van der Waals surface area contributed by atoms with Crippen LogP contribution < -0.4 is 5.32 Å². The van der Waals surface area contributed by atoms with Gasteiger partial charge in [-0.15, -0.1) is 0 Å². The van der Waals surface area contributed by atoms with Crippen molar-refractivity contribution < 1.29 is 14.3 Å². The zero-order valence-electron chi connectivity index (χ0n) is 13.2. The first kappa shape index (κ1) is 15.9. The van der Waals surface area contributed by atoms with E-state index in [4.69, 9.17) is 9.47 Å². The Hall–Kier alpha value is -1.98. The van der Waals surface area contributed by atoms with E-state index in [2.05, 4.69) is 10.3 Å². The number of aromatic nitrogens is 1. The molecule has 23 heavy (non-hydrogen) atoms. The number of ether oxygens (including phenoxy) is 2. The predicted octanol–water partition coefficient (Wildman–Crippen LogP) is 2.44. The number of rotatable bonds is 6. The molecule has 0 saturated carbocycles. The molecule has 2 aromatic rings. The minimum atomic E-state index is -0.129. The first-order valence-corrected chi connectivity index (χ1v) is 8.12. The fourth-order valence-electron chi connectivity index (χ4n) is 2.67. The number of hydrogen-bond acceptors (Lipinski definition) is 4. The summed E-state index contributed by atoms with van der Waals surface area (Å²) in [5, 5.41) is 3.93. The summed E-state index contributed by atoms with van der Waals surface area (Å²) in [6.45, 7) is 1.76. The average molecular weight is 314 g/mol. The number of amides is 1. The quantitative estimate of drug-likeness (QED) is 0.889. The molecule has 0 bridgehead atoms. The van der Waals surface area contributed by atoms with Gasteiger partial charge < -0.3 is 14.8 Å². The van der Waals surface area contributed by atoms with Gasteiger partial charge in [-0.1, -0.05) is 24.3 Å². The summed E-state index contributed by atoms with van der Waals surface area (Å²) in [6, 6.07) is 11.9. The third kappa shape index (κ3) is 4.74. The minimum absolute atomic E-state index is 0.0629. The molecule has 1 aromatic carbocycles. The Morgan fingerprint density at radius 1 is 1.26 bits per heavy atom. The maximum Gasteiger partial charge on any atom is 0.246 e. The van der Waals surface area contributed by atoms with Gasteiger partial charge in [0, 0.05) is 12.0 Å². The minimum Gasteiger partial charge on any atom is -0.376 e. The summed E-state index contributed by atoms with van der Waals surface area (Å²) in [5.41, 5.74) is 1.78. The molecule has 1 amide bonds. The van der Waals surface area contributed by atoms with Crippen LogP contribution in [0.4, 0.5) is 0 Å². The Morgan fingerprint density at radius 3 is 3.04 bits per heavy atom. The van der Waals surface area contributed by atoms with Crippen molar-refractivity contribution in [2.45, 2.75) is 31.9 Å². The second-order valence-corrected chi connectivity index (χ2v) is 5.78. The van der Waals surface area contributed by atoms with E-state index in [0.29, 0.717) is 13.2 Å². The van der Waals surface area contributed by atoms with E-state index >= 15 is 0 Å². The molecule has 1 atom stereocenters. The molecule has 1 unspecified atom stereocenters. The largest absolute Gasteiger partial charge is 0.376 e. The van der Waals surface area contributed by atoms with Gasteiger partial charge in [0.15, 0.2) is 0 Å². The van der Waals surface area contributed by atoms with Crippen LogP contribution in [0.15, 0.2) is 36.4 Å². The van der Waals surface area contributed by atoms with Gasteiger partial charge in [0.1, 0.15) is 6.61 Å². The fraction of sp³-hybridized carbons (Fsp3) is 0.444. The summed E-state index contributed by atoms with van der Waals surface area (Å²) in [7, 11) is 0. The van der Waals surface area contributed by atoms with Crippen LogP contribution in [0.5, 0.6) is 0 Å². The molecule has 5 heteroatoms. The van der Waals surface area contributed by atoms with E-state index in [1.54, 1.807) is 0 Å². The third-order valence-corrected chi connectivity index (χ3v) is 3.93. The molecule has 0 radical (unpaired) electrons. The average Bonchev–Trinajstić information content (AvgIpc) is 2.61. The standard InChI is InChI=1S/C18H22N2O3/c21-18(13-22-12-16-6-3-4-10-23-16)19-11-15-9-8-14-5-1-2-7-17(14)20-15/h1-2,5,7-9,16H,3-4,6,10-13H2,(H,19,21). The van der Waals surface area contributed by atoms with Crippen LogP contribution in [-0.2, 0) is 20.8 Å². The number of nitrogens with zero attached hydrogens (tertiary/aromatic N) is 1. The van der Waals surface area contributed by atoms with Crippen molar-refractivity contribution in [1.29, 1.82) is 0 Å². The van der Waals surface area contributed by atoms with Crippen LogP contribution in [0, 0.1) is 0 Å². The molecule has 1 aliphatic heterocycles. The number of pyridine rings is 1. The zero-order valence-corrected chi connectivity index (χ0v) is 13.2. The van der Waals surface area contributed by atoms with Gasteiger partial charge in [0.05, 0.1) is 30.5 Å². The van der Waals surface area contributed by atoms with Gasteiger partial charge in [-0.05, 0) is 31.4 Å². The lowest BCUT2D eigenvalue weighted by atomic mass is 10.1. The highest BCUT2D eigenvalue weighted by Crippen LogP contribution is 2.13. The first-order valence-electron chi connectivity index (χ1n) is 8.12. The number of nitrogens with one attached hydrogen (secondary N) is 1. The van der Waals surface area contributed by atoms with Crippen LogP contribution in [0.2, 0.25) is 0 Å². The van der Waals surface area contributed by atoms with Crippen molar-refractivity contribution in [3.05, 3.63) is 42.1 Å². The van der Waals surface area contributed by atoms with E-state index in [1.807, 2.05) is 36.4 Å². The molecule has 2 heterocycles. The van der Waals surface area contributed by atoms with Gasteiger partial charge in [0.25, 0.3) is 0 Å². The van der Waals surface area contributed by atoms with E-state index in [1.165, 1.54) is 6.42 Å². The SMILES string of the molecule is O=C(COCC1CCCCO1)NCc1ccc2ccccc2n1. The van der Waals surface area contributed by atoms with Crippen LogP contribution in [-0.4, -0.2) is 36.8 Å². The molecule has 3 rings (SSSR count). The molecule has 1 N–H and O–H groups in total. The molecular weight excluding hydrogens is 292 g/mol. The van der Waals surface area contributed by atoms with Crippen LogP contribution in [0.25, 0.3) is 10.9 Å². The van der Waals surface area contributed by atoms with Gasteiger partial charge >= 0.3 is 0 Å². The Balaban J connectivity index is 1.40. The van der Waals surface area contributed by atoms with Crippen LogP contribution in [0.1, 0.15) is 25.0 Å². The van der Waals surface area contributed by atoms with Crippen molar-refractivity contribution in [3.8, 4) is 0 Å². The van der Waals surface area contributed by atoms with Crippen molar-refractivity contribution in [1.82, 2.24) is 10.3 Å². The second-order valence-electron chi connectivity index (χ2n) is 5.78. The summed E-state index contributed by atoms with van der Waals surface area (Å²) >= 11 is 0. The van der Waals surface area contributed by atoms with E-state index in [-0.39, 0.29) is 18.6 Å². The van der Waals surface area contributed by atoms with Crippen molar-refractivity contribution in [3.63, 3.8) is 0 Å². The van der Waals surface area contributed by atoms with Crippen molar-refractivity contribution in [2.24, 2.45) is 0 Å². The molecule has 1 saturated heterocycles. The Morgan fingerprint density at radius 2 is 2.17 bits per heavy atom. The number of para-hydroxylation sites is 1. The fourth-order valence-corrected chi connectivity index (χ4v) is 2.67. The maximum atomic E-state index is 11.8. The van der Waals surface area contributed by atoms with Crippen LogP contribution in [0.3, 0.4) is 0 Å². The Kier molecular flexibility index (Phi) is 5.56. The monoisotopic (exact) mass is 314 g/mol. The van der Waals surface area contributed by atoms with Crippen molar-refractivity contribution >= 4 is 16.8 Å². The predicted molar refractivity (Wildman–Crippen MR) is 88.0 cm³/mol. The second kappa shape index (κ2) is 8.04. The lowest BCUT2D eigenvalue weighted by Crippen LogP contribution is -2.30. The van der Waals surface area contributed by atoms with E-state index in [9.17, 15) is 4.79 Å². The van der Waals surface area contributed by atoms with Crippen molar-refractivity contribution in [2.75, 3.05) is 19.8 Å². The lowest BCUT2D eigenvalue weighted by Gasteiger charge is -2.22. The maximum absolute atomic E-state index is 11.8. The number of fused-ring (bicyclic) bond motifs is 1. The number of carbonyl (C=O) groups is 1. The van der Waals surface area contributed by atoms with Crippen LogP contribution >= 0.6 is 0 Å². The Labute approximate surface area is 136 Å². The number of hydrogen-bond donors (Lipinski definition) is 1. The molecule has 1 aliphatic rings. The zero-order chi connectivity index (χ0) is 15.9. The summed E-state index contributed by atoms with van der Waals surface area (Å²) in [4.78, 5) is 16.3. The molecule has 1 aromatic heterocycles. The number of carbonyl (C=O) groups excluding carboxylic acids is 1. The van der Waals surface area contributed by atoms with Gasteiger partial charge in [0.2, 0.25) is 5.91 Å². The molecule has 5 nitrogen and oxygen atoms in total. The molecule has 0 aliphatic carbocycles. The molecule has 1 fully saturated rings. The highest BCUT2D eigenvalue weighted by Gasteiger charge is 2.14. The normalized spacial score (nSPS) is 18.0. The van der Waals surface area contributed by atoms with E-state index < -0.39 is 0 Å². The smallest absolute Gasteiger partial charge is 0.246 e. The summed E-state index contributed by atoms with van der Waals surface area (Å²) in [5.74, 6) is -0.129. The van der Waals surface area contributed by atoms with Gasteiger partial charge in [-0.25, -0.2) is 0 Å². The molecular formula is C18H22N2O3. The molecule has 122 valence electrons. The highest BCUT2D eigenvalue weighted by molar-refractivity contribution is 5.79. The highest BCUT2D eigenvalue weighted by atomic mass is 16.5. The first-order chi connectivity index (χ1) is 11.3. The van der Waals surface area contributed by atoms with E-state index in [0.717, 1.165) is 36.0 Å². The molecule has 0 spiro atoms. The third-order valence-electron chi connectivity index (χ3n) is 3.93. The Bertz CT molecular complexity index is 654. The summed E-state index contributed by atoms with van der Waals surface area (Å²) in [6.07, 6.45) is 3.45. The lowest BCUT2D eigenvalue weighted by molar-refractivity contribution is -0.128. The van der Waals surface area contributed by atoms with Gasteiger partial charge in [-0.3, -0.25) is 9.78 Å². The van der Waals surface area contributed by atoms with Gasteiger partial charge in [-0.2, -0.15) is 0 Å².